The molecule has 0 radical (unpaired) electrons. The minimum Gasteiger partial charge on any atom is -0.425 e. The summed E-state index contributed by atoms with van der Waals surface area (Å²) in [5, 5.41) is 0.772. The Hall–Kier alpha value is -2.97. The largest absolute Gasteiger partial charge is 0.425 e. The molecule has 0 bridgehead atoms. The van der Waals surface area contributed by atoms with Crippen molar-refractivity contribution in [1.29, 1.82) is 0 Å². The van der Waals surface area contributed by atoms with E-state index in [-0.39, 0.29) is 17.1 Å². The van der Waals surface area contributed by atoms with Crippen LogP contribution in [-0.2, 0) is 21.2 Å². The van der Waals surface area contributed by atoms with Gasteiger partial charge >= 0.3 is 11.6 Å². The fourth-order valence-electron chi connectivity index (χ4n) is 3.21. The highest BCUT2D eigenvalue weighted by Crippen LogP contribution is 2.24. The molecule has 31 heavy (non-hydrogen) atoms. The zero-order valence-corrected chi connectivity index (χ0v) is 18.5. The Labute approximate surface area is 181 Å². The summed E-state index contributed by atoms with van der Waals surface area (Å²) in [6.45, 7) is 5.55. The number of fused-ring (bicyclic) bond motifs is 1. The van der Waals surface area contributed by atoms with Crippen molar-refractivity contribution in [1.82, 2.24) is 4.72 Å². The normalized spacial score (nSPS) is 12.6. The van der Waals surface area contributed by atoms with Crippen LogP contribution in [0.2, 0.25) is 0 Å². The minimum absolute atomic E-state index is 0.0697. The second-order valence-corrected chi connectivity index (χ2v) is 9.03. The lowest BCUT2D eigenvalue weighted by Crippen LogP contribution is -2.42. The first-order chi connectivity index (χ1) is 14.7. The second kappa shape index (κ2) is 9.45. The predicted octanol–water partition coefficient (Wildman–Crippen LogP) is 3.72. The summed E-state index contributed by atoms with van der Waals surface area (Å²) in [6, 6.07) is 11.5. The average Bonchev–Trinajstić information content (AvgIpc) is 2.72. The average molecular weight is 444 g/mol. The lowest BCUT2D eigenvalue weighted by atomic mass is 10.1. The number of ether oxygens (including phenoxy) is 1. The smallest absolute Gasteiger partial charge is 0.336 e. The van der Waals surface area contributed by atoms with E-state index in [0.717, 1.165) is 29.4 Å². The number of hydrogen-bond acceptors (Lipinski definition) is 6. The van der Waals surface area contributed by atoms with Gasteiger partial charge in [0.1, 0.15) is 17.4 Å². The number of rotatable bonds is 8. The van der Waals surface area contributed by atoms with Gasteiger partial charge in [-0.25, -0.2) is 18.0 Å². The van der Waals surface area contributed by atoms with Crippen molar-refractivity contribution in [3.05, 3.63) is 70.1 Å². The molecular weight excluding hydrogens is 418 g/mol. The molecule has 0 saturated heterocycles. The highest BCUT2D eigenvalue weighted by molar-refractivity contribution is 7.89. The Morgan fingerprint density at radius 3 is 2.45 bits per heavy atom. The quantitative estimate of drug-likeness (QED) is 0.323. The van der Waals surface area contributed by atoms with Gasteiger partial charge in [-0.1, -0.05) is 38.0 Å². The van der Waals surface area contributed by atoms with E-state index < -0.39 is 27.7 Å². The van der Waals surface area contributed by atoms with Gasteiger partial charge in [-0.05, 0) is 49.6 Å². The van der Waals surface area contributed by atoms with Gasteiger partial charge in [0, 0.05) is 17.5 Å². The van der Waals surface area contributed by atoms with Crippen LogP contribution in [0.25, 0.3) is 11.0 Å². The number of nitrogens with one attached hydrogen (secondary N) is 1. The maximum absolute atomic E-state index is 12.6. The van der Waals surface area contributed by atoms with Crippen molar-refractivity contribution >= 4 is 27.0 Å². The van der Waals surface area contributed by atoms with Crippen LogP contribution >= 0.6 is 0 Å². The van der Waals surface area contributed by atoms with Gasteiger partial charge in [-0.2, -0.15) is 4.72 Å². The summed E-state index contributed by atoms with van der Waals surface area (Å²) in [6.07, 6.45) is 1.79. The van der Waals surface area contributed by atoms with E-state index in [1.807, 2.05) is 13.8 Å². The van der Waals surface area contributed by atoms with Crippen molar-refractivity contribution in [2.75, 3.05) is 0 Å². The van der Waals surface area contributed by atoms with E-state index in [1.54, 1.807) is 31.2 Å². The summed E-state index contributed by atoms with van der Waals surface area (Å²) in [5.74, 6) is -0.577. The first kappa shape index (κ1) is 22.7. The van der Waals surface area contributed by atoms with Crippen LogP contribution in [-0.4, -0.2) is 20.4 Å². The molecule has 0 amide bonds. The molecule has 0 saturated carbocycles. The van der Waals surface area contributed by atoms with Crippen LogP contribution < -0.4 is 15.1 Å². The Kier molecular flexibility index (Phi) is 6.92. The van der Waals surface area contributed by atoms with E-state index in [2.05, 4.69) is 4.72 Å². The molecule has 2 aromatic carbocycles. The summed E-state index contributed by atoms with van der Waals surface area (Å²) in [7, 11) is -3.89. The highest BCUT2D eigenvalue weighted by Gasteiger charge is 2.26. The number of sulfonamides is 1. The monoisotopic (exact) mass is 443 g/mol. The van der Waals surface area contributed by atoms with Gasteiger partial charge in [0.25, 0.3) is 0 Å². The van der Waals surface area contributed by atoms with Gasteiger partial charge in [0.05, 0.1) is 4.90 Å². The SMILES string of the molecule is CCCc1cc(=O)oc2cc(OC(=O)[C@H](CC)NS(=O)(=O)c3ccc(C)cc3)ccc12. The first-order valence-corrected chi connectivity index (χ1v) is 11.6. The highest BCUT2D eigenvalue weighted by atomic mass is 32.2. The fraction of sp³-hybridized carbons (Fsp3) is 0.304. The molecule has 3 aromatic rings. The van der Waals surface area contributed by atoms with Gasteiger partial charge in [-0.3, -0.25) is 0 Å². The van der Waals surface area contributed by atoms with E-state index in [0.29, 0.717) is 5.58 Å². The Morgan fingerprint density at radius 1 is 1.10 bits per heavy atom. The number of carbonyl (C=O) groups is 1. The lowest BCUT2D eigenvalue weighted by Gasteiger charge is -2.16. The first-order valence-electron chi connectivity index (χ1n) is 10.1. The summed E-state index contributed by atoms with van der Waals surface area (Å²) < 4.78 is 38.3. The molecule has 164 valence electrons. The molecule has 0 aliphatic heterocycles. The zero-order chi connectivity index (χ0) is 22.6. The fourth-order valence-corrected chi connectivity index (χ4v) is 4.48. The molecule has 3 rings (SSSR count). The maximum Gasteiger partial charge on any atom is 0.336 e. The molecule has 7 nitrogen and oxygen atoms in total. The van der Waals surface area contributed by atoms with E-state index in [4.69, 9.17) is 9.15 Å². The third kappa shape index (κ3) is 5.39. The van der Waals surface area contributed by atoms with E-state index in [9.17, 15) is 18.0 Å². The molecule has 1 aromatic heterocycles. The van der Waals surface area contributed by atoms with Crippen molar-refractivity contribution in [3.8, 4) is 5.75 Å². The molecule has 0 aliphatic carbocycles. The standard InChI is InChI=1S/C23H25NO6S/c1-4-6-16-13-22(25)30-21-14-17(9-12-19(16)21)29-23(26)20(5-2)24-31(27,28)18-10-7-15(3)8-11-18/h7-14,20,24H,4-6H2,1-3H3/t20-/m0/s1. The molecule has 1 N–H and O–H groups in total. The Morgan fingerprint density at radius 2 is 1.81 bits per heavy atom. The van der Waals surface area contributed by atoms with Gasteiger partial charge < -0.3 is 9.15 Å². The predicted molar refractivity (Wildman–Crippen MR) is 118 cm³/mol. The molecule has 0 fully saturated rings. The number of carbonyl (C=O) groups excluding carboxylic acids is 1. The molecular formula is C23H25NO6S. The number of aryl methyl sites for hydroxylation is 2. The van der Waals surface area contributed by atoms with Crippen molar-refractivity contribution in [3.63, 3.8) is 0 Å². The molecule has 0 unspecified atom stereocenters. The van der Waals surface area contributed by atoms with Crippen LogP contribution in [0, 0.1) is 6.92 Å². The van der Waals surface area contributed by atoms with Gasteiger partial charge in [-0.15, -0.1) is 0 Å². The zero-order valence-electron chi connectivity index (χ0n) is 17.7. The summed E-state index contributed by atoms with van der Waals surface area (Å²) in [5.41, 5.74) is 1.63. The van der Waals surface area contributed by atoms with Crippen molar-refractivity contribution < 1.29 is 22.4 Å². The summed E-state index contributed by atoms with van der Waals surface area (Å²) in [4.78, 5) is 24.5. The van der Waals surface area contributed by atoms with Gasteiger partial charge in [0.15, 0.2) is 0 Å². The van der Waals surface area contributed by atoms with Crippen molar-refractivity contribution in [2.24, 2.45) is 0 Å². The number of hydrogen-bond donors (Lipinski definition) is 1. The Balaban J connectivity index is 1.81. The molecule has 0 spiro atoms. The third-order valence-electron chi connectivity index (χ3n) is 4.86. The summed E-state index contributed by atoms with van der Waals surface area (Å²) >= 11 is 0. The van der Waals surface area contributed by atoms with E-state index in [1.165, 1.54) is 24.3 Å². The third-order valence-corrected chi connectivity index (χ3v) is 6.35. The second-order valence-electron chi connectivity index (χ2n) is 7.31. The van der Waals surface area contributed by atoms with Crippen LogP contribution in [0.15, 0.2) is 62.6 Å². The lowest BCUT2D eigenvalue weighted by molar-refractivity contribution is -0.136. The molecule has 8 heteroatoms. The molecule has 0 aliphatic rings. The van der Waals surface area contributed by atoms with Crippen molar-refractivity contribution in [2.45, 2.75) is 51.0 Å². The van der Waals surface area contributed by atoms with Crippen LogP contribution in [0.5, 0.6) is 5.75 Å². The number of esters is 1. The van der Waals surface area contributed by atoms with Crippen LogP contribution in [0.3, 0.4) is 0 Å². The van der Waals surface area contributed by atoms with Gasteiger partial charge in [0.2, 0.25) is 10.0 Å². The van der Waals surface area contributed by atoms with Crippen LogP contribution in [0.4, 0.5) is 0 Å². The maximum atomic E-state index is 12.6. The van der Waals surface area contributed by atoms with E-state index >= 15 is 0 Å². The number of benzene rings is 2. The Bertz CT molecular complexity index is 1250. The topological polar surface area (TPSA) is 103 Å². The van der Waals surface area contributed by atoms with Crippen LogP contribution in [0.1, 0.15) is 37.8 Å². The molecule has 1 atom stereocenters. The minimum atomic E-state index is -3.89. The molecule has 1 heterocycles.